The van der Waals surface area contributed by atoms with E-state index in [1.807, 2.05) is 6.07 Å². The summed E-state index contributed by atoms with van der Waals surface area (Å²) in [5, 5.41) is 4.04. The average Bonchev–Trinajstić information content (AvgIpc) is 3.11. The standard InChI is InChI=1S/C18H13NO4/c1-22-18(21)15-4-2-3-14(9-15)16-10-17(23-19-16)13-7-5-12(11-20)6-8-13/h2-11H,1H3. The maximum Gasteiger partial charge on any atom is 0.337 e. The molecule has 0 unspecified atom stereocenters. The van der Waals surface area contributed by atoms with Crippen LogP contribution in [-0.4, -0.2) is 24.5 Å². The van der Waals surface area contributed by atoms with Gasteiger partial charge in [-0.2, -0.15) is 0 Å². The summed E-state index contributed by atoms with van der Waals surface area (Å²) in [6, 6.07) is 15.8. The lowest BCUT2D eigenvalue weighted by Crippen LogP contribution is -2.00. The molecule has 2 aromatic carbocycles. The van der Waals surface area contributed by atoms with Crippen LogP contribution in [0.3, 0.4) is 0 Å². The molecule has 114 valence electrons. The van der Waals surface area contributed by atoms with Crippen LogP contribution in [0.25, 0.3) is 22.6 Å². The highest BCUT2D eigenvalue weighted by atomic mass is 16.5. The Bertz CT molecular complexity index is 849. The molecule has 0 aliphatic rings. The first-order chi connectivity index (χ1) is 11.2. The predicted octanol–water partition coefficient (Wildman–Crippen LogP) is 3.61. The van der Waals surface area contributed by atoms with Crippen LogP contribution in [-0.2, 0) is 4.74 Å². The van der Waals surface area contributed by atoms with E-state index in [0.29, 0.717) is 22.6 Å². The Morgan fingerprint density at radius 1 is 1.09 bits per heavy atom. The highest BCUT2D eigenvalue weighted by molar-refractivity contribution is 5.90. The van der Waals surface area contributed by atoms with Crippen molar-refractivity contribution in [1.82, 2.24) is 5.16 Å². The third-order valence-corrected chi connectivity index (χ3v) is 3.42. The van der Waals surface area contributed by atoms with Crippen molar-refractivity contribution < 1.29 is 18.8 Å². The summed E-state index contributed by atoms with van der Waals surface area (Å²) in [5.41, 5.74) is 3.24. The Labute approximate surface area is 132 Å². The smallest absolute Gasteiger partial charge is 0.337 e. The van der Waals surface area contributed by atoms with E-state index in [-0.39, 0.29) is 0 Å². The van der Waals surface area contributed by atoms with Gasteiger partial charge in [0.25, 0.3) is 0 Å². The van der Waals surface area contributed by atoms with Gasteiger partial charge < -0.3 is 9.26 Å². The molecule has 3 rings (SSSR count). The van der Waals surface area contributed by atoms with Gasteiger partial charge in [0, 0.05) is 22.8 Å². The van der Waals surface area contributed by atoms with E-state index in [1.165, 1.54) is 7.11 Å². The minimum absolute atomic E-state index is 0.403. The van der Waals surface area contributed by atoms with Gasteiger partial charge >= 0.3 is 5.97 Å². The van der Waals surface area contributed by atoms with Crippen molar-refractivity contribution >= 4 is 12.3 Å². The first kappa shape index (κ1) is 14.7. The second-order valence-electron chi connectivity index (χ2n) is 4.89. The number of aldehydes is 1. The van der Waals surface area contributed by atoms with Crippen LogP contribution in [0.15, 0.2) is 59.1 Å². The SMILES string of the molecule is COC(=O)c1cccc(-c2cc(-c3ccc(C=O)cc3)on2)c1. The van der Waals surface area contributed by atoms with Crippen molar-refractivity contribution in [2.24, 2.45) is 0 Å². The van der Waals surface area contributed by atoms with Gasteiger partial charge in [-0.1, -0.05) is 41.6 Å². The van der Waals surface area contributed by atoms with Crippen LogP contribution < -0.4 is 0 Å². The third-order valence-electron chi connectivity index (χ3n) is 3.42. The normalized spacial score (nSPS) is 10.3. The molecule has 0 saturated carbocycles. The van der Waals surface area contributed by atoms with Gasteiger partial charge in [0.1, 0.15) is 12.0 Å². The fraction of sp³-hybridized carbons (Fsp3) is 0.0556. The molecule has 0 fully saturated rings. The molecule has 1 heterocycles. The van der Waals surface area contributed by atoms with E-state index in [4.69, 9.17) is 9.26 Å². The molecule has 0 aliphatic carbocycles. The van der Waals surface area contributed by atoms with E-state index in [0.717, 1.165) is 17.4 Å². The summed E-state index contributed by atoms with van der Waals surface area (Å²) < 4.78 is 10.1. The minimum atomic E-state index is -0.403. The van der Waals surface area contributed by atoms with Crippen LogP contribution in [0, 0.1) is 0 Å². The van der Waals surface area contributed by atoms with E-state index < -0.39 is 5.97 Å². The van der Waals surface area contributed by atoms with Gasteiger partial charge in [-0.05, 0) is 12.1 Å². The van der Waals surface area contributed by atoms with Crippen molar-refractivity contribution in [1.29, 1.82) is 0 Å². The van der Waals surface area contributed by atoms with Gasteiger partial charge in [-0.25, -0.2) is 4.79 Å². The lowest BCUT2D eigenvalue weighted by atomic mass is 10.1. The number of aromatic nitrogens is 1. The largest absolute Gasteiger partial charge is 0.465 e. The molecule has 0 amide bonds. The number of esters is 1. The maximum absolute atomic E-state index is 11.6. The summed E-state index contributed by atoms with van der Waals surface area (Å²) in [6.07, 6.45) is 0.786. The number of ether oxygens (including phenoxy) is 1. The Balaban J connectivity index is 1.92. The molecular weight excluding hydrogens is 294 g/mol. The van der Waals surface area contributed by atoms with Crippen molar-refractivity contribution in [3.8, 4) is 22.6 Å². The topological polar surface area (TPSA) is 69.4 Å². The molecule has 0 radical (unpaired) electrons. The summed E-state index contributed by atoms with van der Waals surface area (Å²) in [5.74, 6) is 0.181. The number of rotatable bonds is 4. The summed E-state index contributed by atoms with van der Waals surface area (Å²) in [4.78, 5) is 22.3. The first-order valence-electron chi connectivity index (χ1n) is 6.92. The van der Waals surface area contributed by atoms with Crippen molar-refractivity contribution in [3.63, 3.8) is 0 Å². The maximum atomic E-state index is 11.6. The van der Waals surface area contributed by atoms with E-state index in [1.54, 1.807) is 48.5 Å². The molecule has 5 nitrogen and oxygen atoms in total. The molecular formula is C18H13NO4. The Hall–Kier alpha value is -3.21. The highest BCUT2D eigenvalue weighted by Crippen LogP contribution is 2.26. The molecule has 0 atom stereocenters. The van der Waals surface area contributed by atoms with Crippen molar-refractivity contribution in [3.05, 3.63) is 65.7 Å². The Kier molecular flexibility index (Phi) is 4.01. The lowest BCUT2D eigenvalue weighted by molar-refractivity contribution is 0.0600. The predicted molar refractivity (Wildman–Crippen MR) is 84.1 cm³/mol. The second kappa shape index (κ2) is 6.27. The highest BCUT2D eigenvalue weighted by Gasteiger charge is 2.11. The number of hydrogen-bond donors (Lipinski definition) is 0. The molecule has 0 saturated heterocycles. The van der Waals surface area contributed by atoms with Crippen LogP contribution in [0.2, 0.25) is 0 Å². The molecule has 5 heteroatoms. The van der Waals surface area contributed by atoms with E-state index in [9.17, 15) is 9.59 Å². The molecule has 3 aromatic rings. The Morgan fingerprint density at radius 2 is 1.87 bits per heavy atom. The van der Waals surface area contributed by atoms with Crippen LogP contribution in [0.1, 0.15) is 20.7 Å². The number of benzene rings is 2. The van der Waals surface area contributed by atoms with Gasteiger partial charge in [-0.3, -0.25) is 4.79 Å². The number of carbonyl (C=O) groups excluding carboxylic acids is 2. The summed E-state index contributed by atoms with van der Waals surface area (Å²) in [7, 11) is 1.34. The summed E-state index contributed by atoms with van der Waals surface area (Å²) in [6.45, 7) is 0. The molecule has 23 heavy (non-hydrogen) atoms. The molecule has 0 bridgehead atoms. The number of nitrogens with zero attached hydrogens (tertiary/aromatic N) is 1. The van der Waals surface area contributed by atoms with E-state index >= 15 is 0 Å². The molecule has 0 aliphatic heterocycles. The van der Waals surface area contributed by atoms with Crippen LogP contribution in [0.4, 0.5) is 0 Å². The molecule has 0 spiro atoms. The Morgan fingerprint density at radius 3 is 2.57 bits per heavy atom. The van der Waals surface area contributed by atoms with E-state index in [2.05, 4.69) is 5.16 Å². The first-order valence-corrected chi connectivity index (χ1v) is 6.92. The van der Waals surface area contributed by atoms with Crippen molar-refractivity contribution in [2.75, 3.05) is 7.11 Å². The third kappa shape index (κ3) is 3.03. The molecule has 1 aromatic heterocycles. The zero-order valence-electron chi connectivity index (χ0n) is 12.4. The fourth-order valence-electron chi connectivity index (χ4n) is 2.20. The van der Waals surface area contributed by atoms with Crippen LogP contribution >= 0.6 is 0 Å². The number of hydrogen-bond acceptors (Lipinski definition) is 5. The van der Waals surface area contributed by atoms with Crippen LogP contribution in [0.5, 0.6) is 0 Å². The van der Waals surface area contributed by atoms with Gasteiger partial charge in [0.05, 0.1) is 12.7 Å². The minimum Gasteiger partial charge on any atom is -0.465 e. The van der Waals surface area contributed by atoms with Gasteiger partial charge in [0.15, 0.2) is 5.76 Å². The van der Waals surface area contributed by atoms with Crippen molar-refractivity contribution in [2.45, 2.75) is 0 Å². The zero-order valence-corrected chi connectivity index (χ0v) is 12.4. The monoisotopic (exact) mass is 307 g/mol. The quantitative estimate of drug-likeness (QED) is 0.544. The number of methoxy groups -OCH3 is 1. The van der Waals surface area contributed by atoms with Gasteiger partial charge in [0.2, 0.25) is 0 Å². The average molecular weight is 307 g/mol. The summed E-state index contributed by atoms with van der Waals surface area (Å²) >= 11 is 0. The number of carbonyl (C=O) groups is 2. The fourth-order valence-corrected chi connectivity index (χ4v) is 2.20. The molecule has 0 N–H and O–H groups in total. The second-order valence-corrected chi connectivity index (χ2v) is 4.89. The lowest BCUT2D eigenvalue weighted by Gasteiger charge is -2.00. The van der Waals surface area contributed by atoms with Gasteiger partial charge in [-0.15, -0.1) is 0 Å². The zero-order chi connectivity index (χ0) is 16.2.